The molecule has 1 N–H and O–H groups in total. The van der Waals surface area contributed by atoms with E-state index in [9.17, 15) is 4.39 Å². The van der Waals surface area contributed by atoms with Crippen LogP contribution in [0.4, 0.5) is 4.39 Å². The smallest absolute Gasteiger partial charge is 0.102 e. The summed E-state index contributed by atoms with van der Waals surface area (Å²) in [4.78, 5) is 2.05. The number of hydrogen-bond donors (Lipinski definition) is 1. The monoisotopic (exact) mass is 132 g/mol. The molecule has 0 radical (unpaired) electrons. The zero-order valence-corrected chi connectivity index (χ0v) is 5.73. The fraction of sp³-hybridized carbons (Fsp3) is 1.00. The van der Waals surface area contributed by atoms with E-state index >= 15 is 0 Å². The number of likely N-dealkylation sites (N-methyl/N-ethyl adjacent to an activating group) is 1. The van der Waals surface area contributed by atoms with Crippen molar-refractivity contribution in [1.82, 2.24) is 10.2 Å². The quantitative estimate of drug-likeness (QED) is 0.575. The Morgan fingerprint density at radius 2 is 2.33 bits per heavy atom. The lowest BCUT2D eigenvalue weighted by molar-refractivity contribution is 0.168. The molecule has 0 aromatic rings. The van der Waals surface area contributed by atoms with Gasteiger partial charge in [0, 0.05) is 25.7 Å². The summed E-state index contributed by atoms with van der Waals surface area (Å²) < 4.78 is 11.7. The lowest BCUT2D eigenvalue weighted by atomic mass is 10.1. The zero-order chi connectivity index (χ0) is 6.69. The number of nitrogens with zero attached hydrogens (tertiary/aromatic N) is 1. The van der Waals surface area contributed by atoms with Gasteiger partial charge >= 0.3 is 0 Å². The minimum atomic E-state index is -0.229. The Labute approximate surface area is 55.0 Å². The van der Waals surface area contributed by atoms with Gasteiger partial charge in [0.25, 0.3) is 0 Å². The van der Waals surface area contributed by atoms with Gasteiger partial charge in [0.1, 0.15) is 6.67 Å². The van der Waals surface area contributed by atoms with Gasteiger partial charge in [-0.25, -0.2) is 4.39 Å². The molecule has 1 rings (SSSR count). The van der Waals surface area contributed by atoms with E-state index in [1.54, 1.807) is 0 Å². The van der Waals surface area contributed by atoms with Crippen LogP contribution in [-0.2, 0) is 0 Å². The van der Waals surface area contributed by atoms with Crippen LogP contribution in [0.25, 0.3) is 0 Å². The molecule has 1 fully saturated rings. The Balaban J connectivity index is 2.08. The van der Waals surface area contributed by atoms with Crippen LogP contribution >= 0.6 is 0 Å². The summed E-state index contributed by atoms with van der Waals surface area (Å²) in [6.45, 7) is 2.40. The number of rotatable bonds is 3. The van der Waals surface area contributed by atoms with Crippen molar-refractivity contribution in [2.24, 2.45) is 0 Å². The highest BCUT2D eigenvalue weighted by Gasteiger charge is 2.20. The molecule has 0 unspecified atom stereocenters. The van der Waals surface area contributed by atoms with E-state index in [0.717, 1.165) is 13.1 Å². The fourth-order valence-electron chi connectivity index (χ4n) is 0.901. The molecule has 1 aliphatic heterocycles. The molecule has 0 aromatic heterocycles. The van der Waals surface area contributed by atoms with Gasteiger partial charge in [0.05, 0.1) is 0 Å². The van der Waals surface area contributed by atoms with Gasteiger partial charge in [-0.3, -0.25) is 4.90 Å². The van der Waals surface area contributed by atoms with Crippen molar-refractivity contribution in [3.05, 3.63) is 0 Å². The van der Waals surface area contributed by atoms with Gasteiger partial charge < -0.3 is 5.32 Å². The average Bonchev–Trinajstić information content (AvgIpc) is 1.60. The van der Waals surface area contributed by atoms with Crippen molar-refractivity contribution in [2.45, 2.75) is 6.04 Å². The summed E-state index contributed by atoms with van der Waals surface area (Å²) in [5, 5.41) is 3.14. The Morgan fingerprint density at radius 3 is 2.67 bits per heavy atom. The average molecular weight is 132 g/mol. The fourth-order valence-corrected chi connectivity index (χ4v) is 0.901. The maximum Gasteiger partial charge on any atom is 0.102 e. The lowest BCUT2D eigenvalue weighted by Crippen LogP contribution is -2.56. The van der Waals surface area contributed by atoms with Crippen molar-refractivity contribution >= 4 is 0 Å². The molecule has 9 heavy (non-hydrogen) atoms. The maximum atomic E-state index is 11.7. The molecule has 1 aliphatic rings. The van der Waals surface area contributed by atoms with E-state index in [0.29, 0.717) is 12.6 Å². The van der Waals surface area contributed by atoms with Crippen molar-refractivity contribution in [1.29, 1.82) is 0 Å². The minimum Gasteiger partial charge on any atom is -0.314 e. The molecule has 0 aromatic carbocycles. The highest BCUT2D eigenvalue weighted by atomic mass is 19.1. The first kappa shape index (κ1) is 6.96. The third-order valence-corrected chi connectivity index (χ3v) is 1.82. The molecule has 0 spiro atoms. The third-order valence-electron chi connectivity index (χ3n) is 1.82. The number of halogens is 1. The zero-order valence-electron chi connectivity index (χ0n) is 5.73. The van der Waals surface area contributed by atoms with Gasteiger partial charge in [-0.15, -0.1) is 0 Å². The van der Waals surface area contributed by atoms with Crippen LogP contribution in [0, 0.1) is 0 Å². The molecule has 0 amide bonds. The summed E-state index contributed by atoms with van der Waals surface area (Å²) in [5.41, 5.74) is 0. The van der Waals surface area contributed by atoms with E-state index in [1.807, 2.05) is 7.05 Å². The lowest BCUT2D eigenvalue weighted by Gasteiger charge is -2.34. The SMILES string of the molecule is CN(CCF)C1CNC1. The molecular weight excluding hydrogens is 119 g/mol. The Morgan fingerprint density at radius 1 is 1.67 bits per heavy atom. The van der Waals surface area contributed by atoms with Crippen molar-refractivity contribution in [3.8, 4) is 0 Å². The predicted octanol–water partition coefficient (Wildman–Crippen LogP) is -0.141. The van der Waals surface area contributed by atoms with Crippen molar-refractivity contribution < 1.29 is 4.39 Å². The van der Waals surface area contributed by atoms with Gasteiger partial charge in [0.2, 0.25) is 0 Å². The molecule has 54 valence electrons. The third kappa shape index (κ3) is 1.63. The summed E-state index contributed by atoms with van der Waals surface area (Å²) in [6.07, 6.45) is 0. The van der Waals surface area contributed by atoms with E-state index < -0.39 is 0 Å². The highest BCUT2D eigenvalue weighted by Crippen LogP contribution is 2.00. The van der Waals surface area contributed by atoms with Crippen LogP contribution in [0.15, 0.2) is 0 Å². The molecular formula is C6H13FN2. The second kappa shape index (κ2) is 3.13. The standard InChI is InChI=1S/C6H13FN2/c1-9(3-2-7)6-4-8-5-6/h6,8H,2-5H2,1H3. The van der Waals surface area contributed by atoms with Crippen LogP contribution in [0.5, 0.6) is 0 Å². The molecule has 1 saturated heterocycles. The second-order valence-corrected chi connectivity index (χ2v) is 2.48. The first-order chi connectivity index (χ1) is 4.34. The normalized spacial score (nSPS) is 20.3. The Hall–Kier alpha value is -0.150. The van der Waals surface area contributed by atoms with E-state index in [-0.39, 0.29) is 6.67 Å². The van der Waals surface area contributed by atoms with Gasteiger partial charge in [-0.05, 0) is 7.05 Å². The summed E-state index contributed by atoms with van der Waals surface area (Å²) >= 11 is 0. The van der Waals surface area contributed by atoms with Crippen LogP contribution in [0.3, 0.4) is 0 Å². The topological polar surface area (TPSA) is 15.3 Å². The van der Waals surface area contributed by atoms with Gasteiger partial charge in [-0.2, -0.15) is 0 Å². The molecule has 3 heteroatoms. The molecule has 1 heterocycles. The number of hydrogen-bond acceptors (Lipinski definition) is 2. The second-order valence-electron chi connectivity index (χ2n) is 2.48. The van der Waals surface area contributed by atoms with Crippen LogP contribution < -0.4 is 5.32 Å². The summed E-state index contributed by atoms with van der Waals surface area (Å²) in [6, 6.07) is 0.584. The summed E-state index contributed by atoms with van der Waals surface area (Å²) in [5.74, 6) is 0. The maximum absolute atomic E-state index is 11.7. The van der Waals surface area contributed by atoms with Crippen LogP contribution in [0.2, 0.25) is 0 Å². The highest BCUT2D eigenvalue weighted by molar-refractivity contribution is 4.82. The Bertz CT molecular complexity index is 83.1. The van der Waals surface area contributed by atoms with Gasteiger partial charge in [-0.1, -0.05) is 0 Å². The molecule has 0 aliphatic carbocycles. The number of nitrogens with one attached hydrogen (secondary N) is 1. The number of alkyl halides is 1. The van der Waals surface area contributed by atoms with Crippen molar-refractivity contribution in [2.75, 3.05) is 33.4 Å². The molecule has 2 nitrogen and oxygen atoms in total. The summed E-state index contributed by atoms with van der Waals surface area (Å²) in [7, 11) is 1.96. The molecule has 0 bridgehead atoms. The van der Waals surface area contributed by atoms with Gasteiger partial charge in [0.15, 0.2) is 0 Å². The largest absolute Gasteiger partial charge is 0.314 e. The predicted molar refractivity (Wildman–Crippen MR) is 35.3 cm³/mol. The van der Waals surface area contributed by atoms with E-state index in [2.05, 4.69) is 10.2 Å². The van der Waals surface area contributed by atoms with Crippen LogP contribution in [-0.4, -0.2) is 44.3 Å². The molecule has 0 saturated carbocycles. The van der Waals surface area contributed by atoms with E-state index in [4.69, 9.17) is 0 Å². The van der Waals surface area contributed by atoms with Crippen LogP contribution in [0.1, 0.15) is 0 Å². The first-order valence-electron chi connectivity index (χ1n) is 3.31. The van der Waals surface area contributed by atoms with Crippen molar-refractivity contribution in [3.63, 3.8) is 0 Å². The Kier molecular flexibility index (Phi) is 2.42. The minimum absolute atomic E-state index is 0.229. The first-order valence-corrected chi connectivity index (χ1v) is 3.31. The van der Waals surface area contributed by atoms with E-state index in [1.165, 1.54) is 0 Å². The molecule has 0 atom stereocenters.